The number of rotatable bonds is 2. The van der Waals surface area contributed by atoms with Crippen LogP contribution >= 0.6 is 0 Å². The van der Waals surface area contributed by atoms with Crippen molar-refractivity contribution in [1.82, 2.24) is 9.88 Å². The Kier molecular flexibility index (Phi) is 4.68. The molecular weight excluding hydrogens is 282 g/mol. The molecule has 0 radical (unpaired) electrons. The van der Waals surface area contributed by atoms with E-state index in [1.54, 1.807) is 17.0 Å². The van der Waals surface area contributed by atoms with Crippen molar-refractivity contribution in [3.63, 3.8) is 0 Å². The summed E-state index contributed by atoms with van der Waals surface area (Å²) in [5.74, 6) is -0.0511. The molecule has 0 bridgehead atoms. The number of carbonyl (C=O) groups excluding carboxylic acids is 2. The number of likely N-dealkylation sites (tertiary alicyclic amines) is 1. The first-order valence-corrected chi connectivity index (χ1v) is 7.50. The van der Waals surface area contributed by atoms with Crippen LogP contribution in [0.4, 0.5) is 5.82 Å². The average molecular weight is 305 g/mol. The summed E-state index contributed by atoms with van der Waals surface area (Å²) in [6.07, 6.45) is 2.78. The molecule has 1 aromatic heterocycles. The van der Waals surface area contributed by atoms with Crippen molar-refractivity contribution in [2.75, 3.05) is 18.8 Å². The summed E-state index contributed by atoms with van der Waals surface area (Å²) in [5, 5.41) is 0. The monoisotopic (exact) mass is 305 g/mol. The molecule has 0 saturated carbocycles. The van der Waals surface area contributed by atoms with E-state index in [9.17, 15) is 9.59 Å². The Morgan fingerprint density at radius 1 is 1.32 bits per heavy atom. The summed E-state index contributed by atoms with van der Waals surface area (Å²) in [7, 11) is 0. The van der Waals surface area contributed by atoms with E-state index in [2.05, 4.69) is 4.98 Å². The fraction of sp³-hybridized carbons (Fsp3) is 0.562. The first-order valence-electron chi connectivity index (χ1n) is 7.50. The van der Waals surface area contributed by atoms with Crippen molar-refractivity contribution in [3.8, 4) is 0 Å². The second-order valence-electron chi connectivity index (χ2n) is 6.57. The number of hydrogen-bond acceptors (Lipinski definition) is 5. The molecule has 1 fully saturated rings. The minimum absolute atomic E-state index is 0.0725. The Morgan fingerprint density at radius 2 is 1.95 bits per heavy atom. The van der Waals surface area contributed by atoms with Gasteiger partial charge >= 0.3 is 5.97 Å². The molecule has 1 aliphatic rings. The number of nitrogens with zero attached hydrogens (tertiary/aromatic N) is 2. The molecule has 1 saturated heterocycles. The van der Waals surface area contributed by atoms with Crippen LogP contribution in [0.15, 0.2) is 18.3 Å². The molecule has 2 rings (SSSR count). The van der Waals surface area contributed by atoms with E-state index < -0.39 is 5.60 Å². The van der Waals surface area contributed by atoms with Crippen molar-refractivity contribution in [2.24, 2.45) is 5.92 Å². The number of anilines is 1. The van der Waals surface area contributed by atoms with Gasteiger partial charge in [-0.3, -0.25) is 9.59 Å². The normalized spacial score (nSPS) is 16.4. The predicted molar refractivity (Wildman–Crippen MR) is 83.1 cm³/mol. The molecule has 1 aromatic rings. The molecular formula is C16H23N3O3. The summed E-state index contributed by atoms with van der Waals surface area (Å²) < 4.78 is 5.41. The van der Waals surface area contributed by atoms with Crippen LogP contribution in [0.2, 0.25) is 0 Å². The molecule has 2 heterocycles. The number of esters is 1. The molecule has 0 atom stereocenters. The van der Waals surface area contributed by atoms with Crippen LogP contribution in [0.1, 0.15) is 44.0 Å². The molecule has 1 aliphatic heterocycles. The lowest BCUT2D eigenvalue weighted by atomic mass is 9.96. The maximum Gasteiger partial charge on any atom is 0.309 e. The van der Waals surface area contributed by atoms with Crippen LogP contribution in [-0.2, 0) is 9.53 Å². The molecule has 0 unspecified atom stereocenters. The van der Waals surface area contributed by atoms with Gasteiger partial charge in [0.05, 0.1) is 5.92 Å². The summed E-state index contributed by atoms with van der Waals surface area (Å²) in [5.41, 5.74) is 5.66. The third kappa shape index (κ3) is 4.19. The van der Waals surface area contributed by atoms with Gasteiger partial charge in [0.25, 0.3) is 5.91 Å². The standard InChI is InChI=1S/C16H23N3O3/c1-16(2,3)22-15(21)11-5-8-19(9-6-11)14(20)12-4-7-18-13(17)10-12/h4,7,10-11H,5-6,8-9H2,1-3H3,(H2,17,18). The van der Waals surface area contributed by atoms with Crippen molar-refractivity contribution in [2.45, 2.75) is 39.2 Å². The summed E-state index contributed by atoms with van der Waals surface area (Å²) in [6.45, 7) is 6.67. The Hall–Kier alpha value is -2.11. The van der Waals surface area contributed by atoms with Crippen LogP contribution in [0.3, 0.4) is 0 Å². The number of pyridine rings is 1. The van der Waals surface area contributed by atoms with E-state index in [-0.39, 0.29) is 17.8 Å². The van der Waals surface area contributed by atoms with Crippen molar-refractivity contribution >= 4 is 17.7 Å². The lowest BCUT2D eigenvalue weighted by molar-refractivity contribution is -0.161. The fourth-order valence-corrected chi connectivity index (χ4v) is 2.47. The molecule has 2 N–H and O–H groups in total. The largest absolute Gasteiger partial charge is 0.460 e. The quantitative estimate of drug-likeness (QED) is 0.843. The van der Waals surface area contributed by atoms with Gasteiger partial charge in [0, 0.05) is 24.8 Å². The van der Waals surface area contributed by atoms with Crippen LogP contribution in [0.5, 0.6) is 0 Å². The topological polar surface area (TPSA) is 85.5 Å². The molecule has 1 amide bonds. The van der Waals surface area contributed by atoms with Gasteiger partial charge in [-0.05, 0) is 45.7 Å². The van der Waals surface area contributed by atoms with Crippen LogP contribution < -0.4 is 5.73 Å². The summed E-state index contributed by atoms with van der Waals surface area (Å²) in [6, 6.07) is 3.22. The Bertz CT molecular complexity index is 558. The number of nitrogens with two attached hydrogens (primary N) is 1. The van der Waals surface area contributed by atoms with E-state index in [1.165, 1.54) is 6.20 Å². The second-order valence-corrected chi connectivity index (χ2v) is 6.57. The molecule has 0 aliphatic carbocycles. The first-order chi connectivity index (χ1) is 10.3. The lowest BCUT2D eigenvalue weighted by Gasteiger charge is -2.32. The SMILES string of the molecule is CC(C)(C)OC(=O)C1CCN(C(=O)c2ccnc(N)c2)CC1. The van der Waals surface area contributed by atoms with Gasteiger partial charge in [-0.15, -0.1) is 0 Å². The number of nitrogen functional groups attached to an aromatic ring is 1. The predicted octanol–water partition coefficient (Wildman–Crippen LogP) is 1.86. The lowest BCUT2D eigenvalue weighted by Crippen LogP contribution is -2.41. The maximum absolute atomic E-state index is 12.4. The Labute approximate surface area is 130 Å². The summed E-state index contributed by atoms with van der Waals surface area (Å²) in [4.78, 5) is 30.1. The van der Waals surface area contributed by atoms with E-state index in [0.29, 0.717) is 37.3 Å². The van der Waals surface area contributed by atoms with Crippen LogP contribution in [-0.4, -0.2) is 40.5 Å². The van der Waals surface area contributed by atoms with E-state index >= 15 is 0 Å². The second kappa shape index (κ2) is 6.34. The zero-order chi connectivity index (χ0) is 16.3. The Balaban J connectivity index is 1.92. The number of amides is 1. The zero-order valence-corrected chi connectivity index (χ0v) is 13.3. The van der Waals surface area contributed by atoms with Crippen molar-refractivity contribution in [1.29, 1.82) is 0 Å². The minimum Gasteiger partial charge on any atom is -0.460 e. The van der Waals surface area contributed by atoms with E-state index in [0.717, 1.165) is 0 Å². The van der Waals surface area contributed by atoms with Gasteiger partial charge in [-0.1, -0.05) is 0 Å². The number of piperidine rings is 1. The van der Waals surface area contributed by atoms with E-state index in [1.807, 2.05) is 20.8 Å². The average Bonchev–Trinajstić information content (AvgIpc) is 2.45. The van der Waals surface area contributed by atoms with Gasteiger partial charge in [-0.2, -0.15) is 0 Å². The van der Waals surface area contributed by atoms with Gasteiger partial charge in [0.15, 0.2) is 0 Å². The van der Waals surface area contributed by atoms with Crippen molar-refractivity contribution in [3.05, 3.63) is 23.9 Å². The first kappa shape index (κ1) is 16.3. The highest BCUT2D eigenvalue weighted by molar-refractivity contribution is 5.94. The molecule has 0 aromatic carbocycles. The smallest absolute Gasteiger partial charge is 0.309 e. The maximum atomic E-state index is 12.4. The highest BCUT2D eigenvalue weighted by atomic mass is 16.6. The molecule has 22 heavy (non-hydrogen) atoms. The molecule has 0 spiro atoms. The molecule has 6 heteroatoms. The minimum atomic E-state index is -0.474. The number of hydrogen-bond donors (Lipinski definition) is 1. The van der Waals surface area contributed by atoms with Gasteiger partial charge in [0.1, 0.15) is 11.4 Å². The van der Waals surface area contributed by atoms with Crippen LogP contribution in [0, 0.1) is 5.92 Å². The third-order valence-corrected chi connectivity index (χ3v) is 3.55. The summed E-state index contributed by atoms with van der Waals surface area (Å²) >= 11 is 0. The molecule has 6 nitrogen and oxygen atoms in total. The zero-order valence-electron chi connectivity index (χ0n) is 13.3. The number of ether oxygens (including phenoxy) is 1. The highest BCUT2D eigenvalue weighted by Crippen LogP contribution is 2.22. The molecule has 120 valence electrons. The van der Waals surface area contributed by atoms with Gasteiger partial charge in [-0.25, -0.2) is 4.98 Å². The van der Waals surface area contributed by atoms with Gasteiger partial charge in [0.2, 0.25) is 0 Å². The third-order valence-electron chi connectivity index (χ3n) is 3.55. The van der Waals surface area contributed by atoms with Crippen molar-refractivity contribution < 1.29 is 14.3 Å². The Morgan fingerprint density at radius 3 is 2.50 bits per heavy atom. The van der Waals surface area contributed by atoms with Gasteiger partial charge < -0.3 is 15.4 Å². The highest BCUT2D eigenvalue weighted by Gasteiger charge is 2.30. The number of aromatic nitrogens is 1. The fourth-order valence-electron chi connectivity index (χ4n) is 2.47. The number of carbonyl (C=O) groups is 2. The van der Waals surface area contributed by atoms with Crippen LogP contribution in [0.25, 0.3) is 0 Å². The van der Waals surface area contributed by atoms with E-state index in [4.69, 9.17) is 10.5 Å².